The summed E-state index contributed by atoms with van der Waals surface area (Å²) in [4.78, 5) is 33.5. The van der Waals surface area contributed by atoms with Crippen LogP contribution in [0.1, 0.15) is 41.9 Å². The van der Waals surface area contributed by atoms with Crippen molar-refractivity contribution < 1.29 is 37.3 Å². The van der Waals surface area contributed by atoms with Crippen molar-refractivity contribution in [3.05, 3.63) is 64.0 Å². The van der Waals surface area contributed by atoms with E-state index in [1.165, 1.54) is 16.2 Å². The number of halogens is 2. The number of furan rings is 1. The highest BCUT2D eigenvalue weighted by molar-refractivity contribution is 7.10. The first-order chi connectivity index (χ1) is 23.7. The van der Waals surface area contributed by atoms with E-state index in [0.29, 0.717) is 59.5 Å². The van der Waals surface area contributed by atoms with E-state index in [0.717, 1.165) is 5.69 Å². The molecule has 1 aromatic carbocycles. The quantitative estimate of drug-likeness (QED) is 0.241. The Labute approximate surface area is 282 Å². The number of hydrogen-bond acceptors (Lipinski definition) is 12. The van der Waals surface area contributed by atoms with Gasteiger partial charge in [-0.3, -0.25) is 0 Å². The van der Waals surface area contributed by atoms with E-state index < -0.39 is 36.0 Å². The van der Waals surface area contributed by atoms with Gasteiger partial charge in [-0.15, -0.1) is 11.3 Å². The number of aryl methyl sites for hydroxylation is 1. The minimum atomic E-state index is -2.98. The summed E-state index contributed by atoms with van der Waals surface area (Å²) < 4.78 is 52.3. The number of alkyl halides is 2. The Bertz CT molecular complexity index is 2140. The van der Waals surface area contributed by atoms with E-state index in [1.54, 1.807) is 30.5 Å². The number of fused-ring (bicyclic) bond motifs is 3. The summed E-state index contributed by atoms with van der Waals surface area (Å²) in [5.74, 6) is 4.65. The lowest BCUT2D eigenvalue weighted by Gasteiger charge is -2.53. The maximum atomic E-state index is 14.1. The topological polar surface area (TPSA) is 136 Å². The molecule has 12 nitrogen and oxygen atoms in total. The van der Waals surface area contributed by atoms with E-state index in [9.17, 15) is 18.7 Å². The molecule has 7 heterocycles. The molecule has 3 fully saturated rings. The first-order valence-electron chi connectivity index (χ1n) is 15.7. The number of aliphatic carboxylic acids is 1. The smallest absolute Gasteiger partial charge is 0.326 e. The van der Waals surface area contributed by atoms with Crippen molar-refractivity contribution in [3.63, 3.8) is 0 Å². The molecule has 5 aromatic rings. The van der Waals surface area contributed by atoms with Crippen LogP contribution in [0.2, 0.25) is 0 Å². The van der Waals surface area contributed by atoms with Gasteiger partial charge in [-0.2, -0.15) is 0 Å². The molecule has 1 spiro atoms. The van der Waals surface area contributed by atoms with Gasteiger partial charge in [-0.05, 0) is 38.0 Å². The van der Waals surface area contributed by atoms with Crippen LogP contribution in [0.25, 0.3) is 22.1 Å². The third-order valence-corrected chi connectivity index (χ3v) is 10.1. The summed E-state index contributed by atoms with van der Waals surface area (Å²) in [6.45, 7) is 5.94. The van der Waals surface area contributed by atoms with Crippen LogP contribution in [0.4, 0.5) is 20.3 Å². The van der Waals surface area contributed by atoms with Crippen LogP contribution in [0, 0.1) is 18.8 Å². The van der Waals surface area contributed by atoms with Crippen LogP contribution >= 0.6 is 11.3 Å². The number of ether oxygens (including phenoxy) is 3. The lowest BCUT2D eigenvalue weighted by Crippen LogP contribution is -2.68. The summed E-state index contributed by atoms with van der Waals surface area (Å²) in [6, 6.07) is 7.58. The second kappa shape index (κ2) is 12.2. The highest BCUT2D eigenvalue weighted by Crippen LogP contribution is 2.41. The van der Waals surface area contributed by atoms with Gasteiger partial charge in [0, 0.05) is 41.2 Å². The normalized spacial score (nSPS) is 21.7. The molecule has 49 heavy (non-hydrogen) atoms. The van der Waals surface area contributed by atoms with E-state index in [-0.39, 0.29) is 35.9 Å². The van der Waals surface area contributed by atoms with Crippen molar-refractivity contribution in [1.29, 1.82) is 0 Å². The molecular weight excluding hydrogens is 658 g/mol. The molecule has 15 heteroatoms. The zero-order valence-corrected chi connectivity index (χ0v) is 27.2. The lowest BCUT2D eigenvalue weighted by molar-refractivity contribution is -0.228. The zero-order chi connectivity index (χ0) is 33.9. The first-order valence-corrected chi connectivity index (χ1v) is 16.6. The molecule has 8 rings (SSSR count). The standard InChI is InChI=1S/C34H30F2N6O6S/c1-18-15-49-26(38-18)8-7-20-11-23(41-9-10-46-34(19(41)2)16-45-17-34)32(37-13-20)47-21-12-24(33(43)44)42(14-21)31-28-27(39-30(40-31)29(35)36)22-5-3-4-6-25(22)48-28/h3-6,11,13,15,19,21,24,29H,9-10,12,14,16-17H2,1-2H3,(H,43,44)/t19-,21-,24-/m0/s1. The lowest BCUT2D eigenvalue weighted by atomic mass is 9.90. The minimum Gasteiger partial charge on any atom is -0.480 e. The van der Waals surface area contributed by atoms with Gasteiger partial charge in [0.05, 0.1) is 32.4 Å². The van der Waals surface area contributed by atoms with Gasteiger partial charge in [0.15, 0.2) is 22.2 Å². The van der Waals surface area contributed by atoms with Crippen LogP contribution in [-0.2, 0) is 14.3 Å². The van der Waals surface area contributed by atoms with Gasteiger partial charge in [0.25, 0.3) is 6.43 Å². The predicted molar refractivity (Wildman–Crippen MR) is 175 cm³/mol. The zero-order valence-electron chi connectivity index (χ0n) is 26.4. The second-order valence-corrected chi connectivity index (χ2v) is 13.2. The van der Waals surface area contributed by atoms with Crippen LogP contribution in [0.15, 0.2) is 46.3 Å². The van der Waals surface area contributed by atoms with Crippen molar-refractivity contribution >= 4 is 50.9 Å². The fourth-order valence-electron chi connectivity index (χ4n) is 6.64. The molecular formula is C34H30F2N6O6S. The van der Waals surface area contributed by atoms with E-state index in [4.69, 9.17) is 18.6 Å². The molecule has 3 saturated heterocycles. The summed E-state index contributed by atoms with van der Waals surface area (Å²) in [7, 11) is 0. The Morgan fingerprint density at radius 3 is 2.76 bits per heavy atom. The molecule has 1 N–H and O–H groups in total. The highest BCUT2D eigenvalue weighted by Gasteiger charge is 2.50. The summed E-state index contributed by atoms with van der Waals surface area (Å²) in [5, 5.41) is 13.5. The molecule has 0 bridgehead atoms. The number of benzene rings is 1. The number of carbonyl (C=O) groups is 1. The van der Waals surface area contributed by atoms with Crippen LogP contribution in [0.5, 0.6) is 5.88 Å². The van der Waals surface area contributed by atoms with Gasteiger partial charge in [0.1, 0.15) is 34.5 Å². The molecule has 3 aliphatic heterocycles. The number of hydrogen-bond donors (Lipinski definition) is 1. The monoisotopic (exact) mass is 688 g/mol. The Kier molecular flexibility index (Phi) is 7.81. The Balaban J connectivity index is 1.15. The summed E-state index contributed by atoms with van der Waals surface area (Å²) in [5.41, 5.74) is 2.49. The first kappa shape index (κ1) is 31.4. The van der Waals surface area contributed by atoms with Gasteiger partial charge >= 0.3 is 5.97 Å². The number of carboxylic acids is 1. The SMILES string of the molecule is Cc1csc(C#Cc2cnc(O[C@H]3C[C@@H](C(=O)O)N(c4nc(C(F)F)nc5c4oc4ccccc45)C3)c(N3CCOC4(COC4)[C@@H]3C)c2)n1. The van der Waals surface area contributed by atoms with Crippen molar-refractivity contribution in [2.45, 2.75) is 50.5 Å². The predicted octanol–water partition coefficient (Wildman–Crippen LogP) is 4.98. The van der Waals surface area contributed by atoms with Crippen molar-refractivity contribution in [2.75, 3.05) is 42.7 Å². The molecule has 3 atom stereocenters. The highest BCUT2D eigenvalue weighted by atomic mass is 32.1. The minimum absolute atomic E-state index is 0.0192. The van der Waals surface area contributed by atoms with Crippen LogP contribution < -0.4 is 14.5 Å². The van der Waals surface area contributed by atoms with Crippen molar-refractivity contribution in [3.8, 4) is 17.7 Å². The number of carboxylic acid groups (broad SMARTS) is 1. The molecule has 4 aromatic heterocycles. The fraction of sp³-hybridized carbons (Fsp3) is 0.382. The maximum absolute atomic E-state index is 14.1. The van der Waals surface area contributed by atoms with Gasteiger partial charge < -0.3 is 33.5 Å². The number of pyridine rings is 1. The maximum Gasteiger partial charge on any atom is 0.326 e. The summed E-state index contributed by atoms with van der Waals surface area (Å²) >= 11 is 1.46. The van der Waals surface area contributed by atoms with Crippen LogP contribution in [0.3, 0.4) is 0 Å². The van der Waals surface area contributed by atoms with Gasteiger partial charge in [-0.25, -0.2) is 33.5 Å². The second-order valence-electron chi connectivity index (χ2n) is 12.3. The number of para-hydroxylation sites is 1. The Morgan fingerprint density at radius 1 is 1.18 bits per heavy atom. The van der Waals surface area contributed by atoms with Crippen LogP contribution in [-0.4, -0.2) is 87.7 Å². The Hall–Kier alpha value is -4.91. The van der Waals surface area contributed by atoms with E-state index in [1.807, 2.05) is 18.4 Å². The van der Waals surface area contributed by atoms with E-state index >= 15 is 0 Å². The largest absolute Gasteiger partial charge is 0.480 e. The molecule has 0 radical (unpaired) electrons. The molecule has 0 saturated carbocycles. The van der Waals surface area contributed by atoms with Gasteiger partial charge in [0.2, 0.25) is 5.88 Å². The number of morpholine rings is 1. The molecule has 3 aliphatic rings. The average molecular weight is 689 g/mol. The van der Waals surface area contributed by atoms with E-state index in [2.05, 4.69) is 43.6 Å². The number of nitrogens with zero attached hydrogens (tertiary/aromatic N) is 6. The number of aromatic nitrogens is 4. The number of thiazole rings is 1. The molecule has 0 amide bonds. The Morgan fingerprint density at radius 2 is 2.02 bits per heavy atom. The third kappa shape index (κ3) is 5.59. The number of anilines is 2. The summed E-state index contributed by atoms with van der Waals surface area (Å²) in [6.07, 6.45) is -2.03. The van der Waals surface area contributed by atoms with Crippen molar-refractivity contribution in [2.24, 2.45) is 0 Å². The molecule has 0 aliphatic carbocycles. The van der Waals surface area contributed by atoms with Crippen molar-refractivity contribution in [1.82, 2.24) is 19.9 Å². The molecule has 252 valence electrons. The van der Waals surface area contributed by atoms with Gasteiger partial charge in [-0.1, -0.05) is 18.1 Å². The number of rotatable bonds is 6. The molecule has 0 unspecified atom stereocenters. The third-order valence-electron chi connectivity index (χ3n) is 9.23. The fourth-order valence-corrected chi connectivity index (χ4v) is 7.28. The average Bonchev–Trinajstić information content (AvgIpc) is 3.80.